The summed E-state index contributed by atoms with van der Waals surface area (Å²) in [6, 6.07) is 13.8. The summed E-state index contributed by atoms with van der Waals surface area (Å²) in [6.07, 6.45) is 8.44. The number of amides is 1. The number of nitrogens with one attached hydrogen (secondary N) is 1. The lowest BCUT2D eigenvalue weighted by molar-refractivity contribution is -0.121. The highest BCUT2D eigenvalue weighted by Gasteiger charge is 2.17. The zero-order chi connectivity index (χ0) is 23.8. The molecule has 0 unspecified atom stereocenters. The van der Waals surface area contributed by atoms with Gasteiger partial charge in [0.25, 0.3) is 0 Å². The minimum atomic E-state index is -0.225. The van der Waals surface area contributed by atoms with Crippen LogP contribution in [0.1, 0.15) is 51.5 Å². The molecule has 0 atom stereocenters. The van der Waals surface area contributed by atoms with Gasteiger partial charge in [-0.15, -0.1) is 0 Å². The molecule has 0 saturated heterocycles. The fraction of sp³-hybridized carbons (Fsp3) is 0.464. The number of hydrogen-bond donors (Lipinski definition) is 1. The molecule has 0 spiro atoms. The van der Waals surface area contributed by atoms with Crippen molar-refractivity contribution in [2.45, 2.75) is 65.5 Å². The van der Waals surface area contributed by atoms with Crippen LogP contribution in [0.3, 0.4) is 0 Å². The molecule has 1 N–H and O–H groups in total. The molecule has 4 rings (SSSR count). The molecule has 178 valence electrons. The van der Waals surface area contributed by atoms with Gasteiger partial charge in [0, 0.05) is 36.4 Å². The van der Waals surface area contributed by atoms with E-state index in [-0.39, 0.29) is 18.3 Å². The number of carbonyl (C=O) groups is 1. The molecule has 0 aliphatic heterocycles. The highest BCUT2D eigenvalue weighted by atomic mass is 19.1. The second kappa shape index (κ2) is 12.0. The fourth-order valence-electron chi connectivity index (χ4n) is 4.63. The fourth-order valence-corrected chi connectivity index (χ4v) is 4.63. The Morgan fingerprint density at radius 3 is 2.58 bits per heavy atom. The highest BCUT2D eigenvalue weighted by molar-refractivity contribution is 5.87. The van der Waals surface area contributed by atoms with Crippen molar-refractivity contribution in [2.24, 2.45) is 0 Å². The van der Waals surface area contributed by atoms with Gasteiger partial charge in [0.1, 0.15) is 12.4 Å². The Bertz CT molecular complexity index is 1050. The van der Waals surface area contributed by atoms with Crippen molar-refractivity contribution in [2.75, 3.05) is 20.1 Å². The largest absolute Gasteiger partial charge is 0.353 e. The molecule has 2 aromatic carbocycles. The minimum Gasteiger partial charge on any atom is -0.353 e. The number of rotatable bonds is 7. The summed E-state index contributed by atoms with van der Waals surface area (Å²) >= 11 is 0. The average molecular weight is 452 g/mol. The van der Waals surface area contributed by atoms with E-state index in [4.69, 9.17) is 0 Å². The van der Waals surface area contributed by atoms with Crippen molar-refractivity contribution < 1.29 is 9.18 Å². The van der Waals surface area contributed by atoms with Crippen LogP contribution in [-0.4, -0.2) is 41.6 Å². The number of aromatic nitrogens is 1. The number of aryl methyl sites for hydroxylation is 1. The number of halogens is 1. The summed E-state index contributed by atoms with van der Waals surface area (Å²) in [5, 5.41) is 4.10. The SMILES string of the molecule is CC.Cc1ccc(-c2ccc3ccn(CC(=O)NCCN(C)C4CCCCC4)c3c2)c(F)c1. The number of benzene rings is 2. The van der Waals surface area contributed by atoms with Crippen LogP contribution < -0.4 is 5.32 Å². The van der Waals surface area contributed by atoms with Crippen molar-refractivity contribution in [1.29, 1.82) is 0 Å². The lowest BCUT2D eigenvalue weighted by Gasteiger charge is -2.31. The zero-order valence-corrected chi connectivity index (χ0v) is 20.5. The van der Waals surface area contributed by atoms with E-state index < -0.39 is 0 Å². The van der Waals surface area contributed by atoms with Crippen molar-refractivity contribution in [1.82, 2.24) is 14.8 Å². The predicted molar refractivity (Wildman–Crippen MR) is 136 cm³/mol. The van der Waals surface area contributed by atoms with Crippen molar-refractivity contribution in [3.63, 3.8) is 0 Å². The molecule has 1 fully saturated rings. The molecule has 5 heteroatoms. The molecule has 1 saturated carbocycles. The lowest BCUT2D eigenvalue weighted by atomic mass is 9.94. The van der Waals surface area contributed by atoms with Gasteiger partial charge in [0.05, 0.1) is 0 Å². The van der Waals surface area contributed by atoms with Gasteiger partial charge >= 0.3 is 0 Å². The van der Waals surface area contributed by atoms with Gasteiger partial charge in [-0.2, -0.15) is 0 Å². The molecule has 1 amide bonds. The second-order valence-electron chi connectivity index (χ2n) is 8.82. The van der Waals surface area contributed by atoms with E-state index in [0.717, 1.165) is 28.6 Å². The van der Waals surface area contributed by atoms with Crippen molar-refractivity contribution in [3.8, 4) is 11.1 Å². The monoisotopic (exact) mass is 451 g/mol. The topological polar surface area (TPSA) is 37.3 Å². The van der Waals surface area contributed by atoms with Crippen LogP contribution in [0.2, 0.25) is 0 Å². The number of nitrogens with zero attached hydrogens (tertiary/aromatic N) is 2. The number of fused-ring (bicyclic) bond motifs is 1. The maximum atomic E-state index is 14.4. The van der Waals surface area contributed by atoms with Crippen LogP contribution >= 0.6 is 0 Å². The first-order chi connectivity index (χ1) is 16.0. The van der Waals surface area contributed by atoms with Crippen LogP contribution in [0.4, 0.5) is 4.39 Å². The molecule has 4 nitrogen and oxygen atoms in total. The summed E-state index contributed by atoms with van der Waals surface area (Å²) in [6.45, 7) is 7.67. The highest BCUT2D eigenvalue weighted by Crippen LogP contribution is 2.28. The van der Waals surface area contributed by atoms with Gasteiger partial charge in [-0.1, -0.05) is 57.4 Å². The minimum absolute atomic E-state index is 0.00136. The quantitative estimate of drug-likeness (QED) is 0.467. The first-order valence-corrected chi connectivity index (χ1v) is 12.3. The Balaban J connectivity index is 0.00000149. The number of hydrogen-bond acceptors (Lipinski definition) is 2. The van der Waals surface area contributed by atoms with E-state index in [1.807, 2.05) is 67.9 Å². The molecule has 1 aliphatic rings. The first-order valence-electron chi connectivity index (χ1n) is 12.3. The Kier molecular flexibility index (Phi) is 9.07. The van der Waals surface area contributed by atoms with Crippen LogP contribution in [0.25, 0.3) is 22.0 Å². The van der Waals surface area contributed by atoms with Crippen LogP contribution in [0, 0.1) is 12.7 Å². The van der Waals surface area contributed by atoms with Crippen LogP contribution in [-0.2, 0) is 11.3 Å². The third-order valence-electron chi connectivity index (χ3n) is 6.51. The Morgan fingerprint density at radius 1 is 1.09 bits per heavy atom. The van der Waals surface area contributed by atoms with Crippen LogP contribution in [0.15, 0.2) is 48.7 Å². The molecule has 1 heterocycles. The molecule has 1 aliphatic carbocycles. The summed E-state index contributed by atoms with van der Waals surface area (Å²) in [5.41, 5.74) is 3.23. The Hall–Kier alpha value is -2.66. The molecular formula is C28H38FN3O. The normalized spacial score (nSPS) is 14.2. The molecule has 1 aromatic heterocycles. The van der Waals surface area contributed by atoms with Gasteiger partial charge in [-0.05, 0) is 61.5 Å². The summed E-state index contributed by atoms with van der Waals surface area (Å²) < 4.78 is 16.4. The van der Waals surface area contributed by atoms with E-state index in [2.05, 4.69) is 17.3 Å². The molecule has 33 heavy (non-hydrogen) atoms. The average Bonchev–Trinajstić information content (AvgIpc) is 3.22. The third kappa shape index (κ3) is 6.44. The van der Waals surface area contributed by atoms with Crippen molar-refractivity contribution >= 4 is 16.8 Å². The van der Waals surface area contributed by atoms with Crippen molar-refractivity contribution in [3.05, 3.63) is 60.0 Å². The van der Waals surface area contributed by atoms with Gasteiger partial charge in [0.2, 0.25) is 5.91 Å². The van der Waals surface area contributed by atoms with E-state index in [1.54, 1.807) is 6.07 Å². The second-order valence-corrected chi connectivity index (χ2v) is 8.82. The van der Waals surface area contributed by atoms with E-state index in [9.17, 15) is 9.18 Å². The van der Waals surface area contributed by atoms with Gasteiger partial charge in [-0.25, -0.2) is 4.39 Å². The molecule has 0 bridgehead atoms. The summed E-state index contributed by atoms with van der Waals surface area (Å²) in [5.74, 6) is -0.223. The maximum absolute atomic E-state index is 14.4. The first kappa shape index (κ1) is 25.0. The molecule has 3 aromatic rings. The standard InChI is InChI=1S/C26H32FN3O.C2H6/c1-19-8-11-23(24(27)16-19)21-10-9-20-12-14-30(25(20)17-21)18-26(31)28-13-15-29(2)22-6-4-3-5-7-22;1-2/h8-12,14,16-17,22H,3-7,13,15,18H2,1-2H3,(H,28,31);1-2H3. The Morgan fingerprint density at radius 2 is 1.85 bits per heavy atom. The maximum Gasteiger partial charge on any atom is 0.239 e. The number of likely N-dealkylation sites (N-methyl/N-ethyl adjacent to an activating group) is 1. The zero-order valence-electron chi connectivity index (χ0n) is 20.5. The Labute approximate surface area is 197 Å². The smallest absolute Gasteiger partial charge is 0.239 e. The van der Waals surface area contributed by atoms with Gasteiger partial charge in [0.15, 0.2) is 0 Å². The van der Waals surface area contributed by atoms with Gasteiger partial charge in [-0.3, -0.25) is 4.79 Å². The molecular weight excluding hydrogens is 413 g/mol. The van der Waals surface area contributed by atoms with E-state index in [0.29, 0.717) is 18.2 Å². The summed E-state index contributed by atoms with van der Waals surface area (Å²) in [7, 11) is 2.16. The third-order valence-corrected chi connectivity index (χ3v) is 6.51. The van der Waals surface area contributed by atoms with E-state index in [1.165, 1.54) is 32.1 Å². The lowest BCUT2D eigenvalue weighted by Crippen LogP contribution is -2.40. The predicted octanol–water partition coefficient (Wildman–Crippen LogP) is 6.16. The van der Waals surface area contributed by atoms with Gasteiger partial charge < -0.3 is 14.8 Å². The van der Waals surface area contributed by atoms with Crippen LogP contribution in [0.5, 0.6) is 0 Å². The van der Waals surface area contributed by atoms with E-state index >= 15 is 0 Å². The summed E-state index contributed by atoms with van der Waals surface area (Å²) in [4.78, 5) is 14.9. The number of carbonyl (C=O) groups excluding carboxylic acids is 1. The molecule has 0 radical (unpaired) electrons.